The van der Waals surface area contributed by atoms with Crippen molar-refractivity contribution >= 4 is 39.2 Å². The van der Waals surface area contributed by atoms with Gasteiger partial charge < -0.3 is 5.73 Å². The number of thiophene rings is 1. The summed E-state index contributed by atoms with van der Waals surface area (Å²) in [5, 5.41) is 4.16. The normalized spacial score (nSPS) is 17.1. The van der Waals surface area contributed by atoms with Gasteiger partial charge in [0.05, 0.1) is 6.54 Å². The van der Waals surface area contributed by atoms with E-state index < -0.39 is 6.03 Å². The van der Waals surface area contributed by atoms with Gasteiger partial charge in [-0.15, -0.1) is 11.3 Å². The van der Waals surface area contributed by atoms with Crippen LogP contribution in [0.25, 0.3) is 0 Å². The van der Waals surface area contributed by atoms with Crippen molar-refractivity contribution in [2.45, 2.75) is 6.54 Å². The fourth-order valence-electron chi connectivity index (χ4n) is 2.13. The van der Waals surface area contributed by atoms with Crippen molar-refractivity contribution in [2.24, 2.45) is 5.73 Å². The molecule has 6 nitrogen and oxygen atoms in total. The van der Waals surface area contributed by atoms with E-state index in [0.29, 0.717) is 0 Å². The second-order valence-electron chi connectivity index (χ2n) is 4.66. The Balaban J connectivity index is 1.74. The SMILES string of the molecule is NC(=O)NC(=O)CN1CCN(Cc2sccc2Br)CC1. The predicted octanol–water partition coefficient (Wildman–Crippen LogP) is 0.823. The summed E-state index contributed by atoms with van der Waals surface area (Å²) in [5.41, 5.74) is 4.91. The molecule has 0 radical (unpaired) electrons. The predicted molar refractivity (Wildman–Crippen MR) is 81.5 cm³/mol. The third-order valence-corrected chi connectivity index (χ3v) is 5.06. The lowest BCUT2D eigenvalue weighted by Gasteiger charge is -2.34. The van der Waals surface area contributed by atoms with Crippen LogP contribution in [0.5, 0.6) is 0 Å². The first-order valence-electron chi connectivity index (χ1n) is 6.30. The molecule has 110 valence electrons. The summed E-state index contributed by atoms with van der Waals surface area (Å²) < 4.78 is 1.16. The minimum Gasteiger partial charge on any atom is -0.351 e. The van der Waals surface area contributed by atoms with Crippen molar-refractivity contribution in [3.05, 3.63) is 20.8 Å². The van der Waals surface area contributed by atoms with Gasteiger partial charge in [0.25, 0.3) is 0 Å². The standard InChI is InChI=1S/C12H17BrN4O2S/c13-9-1-6-20-10(9)7-16-2-4-17(5-3-16)8-11(18)15-12(14)19/h1,6H,2-5,7-8H2,(H3,14,15,18,19). The molecule has 2 heterocycles. The molecule has 20 heavy (non-hydrogen) atoms. The molecule has 0 aromatic carbocycles. The van der Waals surface area contributed by atoms with Gasteiger partial charge in [-0.1, -0.05) is 0 Å². The van der Waals surface area contributed by atoms with Crippen molar-refractivity contribution in [3.8, 4) is 0 Å². The molecule has 0 spiro atoms. The molecule has 1 saturated heterocycles. The Labute approximate surface area is 130 Å². The lowest BCUT2D eigenvalue weighted by molar-refractivity contribution is -0.121. The molecule has 0 aliphatic carbocycles. The van der Waals surface area contributed by atoms with E-state index in [-0.39, 0.29) is 12.5 Å². The molecule has 1 aromatic rings. The molecule has 3 amide bonds. The number of rotatable bonds is 4. The first-order valence-corrected chi connectivity index (χ1v) is 7.97. The lowest BCUT2D eigenvalue weighted by Crippen LogP contribution is -2.50. The van der Waals surface area contributed by atoms with Gasteiger partial charge in [0, 0.05) is 42.1 Å². The van der Waals surface area contributed by atoms with Gasteiger partial charge in [0.2, 0.25) is 5.91 Å². The highest BCUT2D eigenvalue weighted by Crippen LogP contribution is 2.24. The van der Waals surface area contributed by atoms with E-state index >= 15 is 0 Å². The molecule has 1 aliphatic heterocycles. The Kier molecular flexibility index (Phi) is 5.53. The fourth-order valence-corrected chi connectivity index (χ4v) is 3.65. The van der Waals surface area contributed by atoms with Crippen LogP contribution >= 0.6 is 27.3 Å². The maximum Gasteiger partial charge on any atom is 0.318 e. The zero-order valence-corrected chi connectivity index (χ0v) is 13.4. The number of urea groups is 1. The third-order valence-electron chi connectivity index (χ3n) is 3.15. The Bertz CT molecular complexity index is 486. The van der Waals surface area contributed by atoms with Crippen LogP contribution in [0, 0.1) is 0 Å². The summed E-state index contributed by atoms with van der Waals surface area (Å²) in [6.07, 6.45) is 0. The lowest BCUT2D eigenvalue weighted by atomic mass is 10.3. The summed E-state index contributed by atoms with van der Waals surface area (Å²) >= 11 is 5.28. The molecule has 0 saturated carbocycles. The molecule has 1 fully saturated rings. The molecule has 2 rings (SSSR count). The highest BCUT2D eigenvalue weighted by atomic mass is 79.9. The number of amides is 3. The zero-order chi connectivity index (χ0) is 14.5. The number of halogens is 1. The van der Waals surface area contributed by atoms with Crippen LogP contribution in [-0.4, -0.2) is 54.5 Å². The number of piperazine rings is 1. The Morgan fingerprint density at radius 3 is 2.50 bits per heavy atom. The largest absolute Gasteiger partial charge is 0.351 e. The van der Waals surface area contributed by atoms with Crippen LogP contribution < -0.4 is 11.1 Å². The topological polar surface area (TPSA) is 78.7 Å². The van der Waals surface area contributed by atoms with Gasteiger partial charge in [-0.05, 0) is 27.4 Å². The minimum absolute atomic E-state index is 0.222. The highest BCUT2D eigenvalue weighted by Gasteiger charge is 2.20. The number of primary amides is 1. The van der Waals surface area contributed by atoms with Crippen LogP contribution in [0.2, 0.25) is 0 Å². The van der Waals surface area contributed by atoms with Crippen molar-refractivity contribution in [3.63, 3.8) is 0 Å². The van der Waals surface area contributed by atoms with Gasteiger partial charge in [0.15, 0.2) is 0 Å². The van der Waals surface area contributed by atoms with E-state index in [1.165, 1.54) is 4.88 Å². The van der Waals surface area contributed by atoms with E-state index in [2.05, 4.69) is 37.6 Å². The molecule has 1 aromatic heterocycles. The van der Waals surface area contributed by atoms with Crippen LogP contribution in [0.15, 0.2) is 15.9 Å². The molecule has 0 bridgehead atoms. The quantitative estimate of drug-likeness (QED) is 0.833. The Hall–Kier alpha value is -0.960. The average Bonchev–Trinajstić information content (AvgIpc) is 2.76. The van der Waals surface area contributed by atoms with E-state index in [9.17, 15) is 9.59 Å². The number of hydrogen-bond acceptors (Lipinski definition) is 5. The number of imide groups is 1. The summed E-state index contributed by atoms with van der Waals surface area (Å²) in [6, 6.07) is 1.26. The van der Waals surface area contributed by atoms with Gasteiger partial charge in [-0.2, -0.15) is 0 Å². The second kappa shape index (κ2) is 7.16. The van der Waals surface area contributed by atoms with Crippen LogP contribution in [0.1, 0.15) is 4.88 Å². The maximum absolute atomic E-state index is 11.4. The zero-order valence-electron chi connectivity index (χ0n) is 11.0. The molecule has 0 unspecified atom stereocenters. The monoisotopic (exact) mass is 360 g/mol. The number of hydrogen-bond donors (Lipinski definition) is 2. The highest BCUT2D eigenvalue weighted by molar-refractivity contribution is 9.10. The maximum atomic E-state index is 11.4. The van der Waals surface area contributed by atoms with Gasteiger partial charge in [-0.25, -0.2) is 4.79 Å². The van der Waals surface area contributed by atoms with E-state index in [4.69, 9.17) is 5.73 Å². The van der Waals surface area contributed by atoms with Crippen molar-refractivity contribution in [1.82, 2.24) is 15.1 Å². The van der Waals surface area contributed by atoms with Crippen molar-refractivity contribution in [2.75, 3.05) is 32.7 Å². The first kappa shape index (κ1) is 15.4. The van der Waals surface area contributed by atoms with Crippen LogP contribution in [-0.2, 0) is 11.3 Å². The molecular weight excluding hydrogens is 344 g/mol. The number of carbonyl (C=O) groups is 2. The number of nitrogens with one attached hydrogen (secondary N) is 1. The average molecular weight is 361 g/mol. The molecule has 0 atom stereocenters. The molecule has 8 heteroatoms. The number of nitrogens with two attached hydrogens (primary N) is 1. The minimum atomic E-state index is -0.795. The van der Waals surface area contributed by atoms with Gasteiger partial charge in [-0.3, -0.25) is 19.9 Å². The summed E-state index contributed by atoms with van der Waals surface area (Å²) in [5.74, 6) is -0.341. The van der Waals surface area contributed by atoms with E-state index in [1.807, 2.05) is 4.90 Å². The van der Waals surface area contributed by atoms with Gasteiger partial charge >= 0.3 is 6.03 Å². The Morgan fingerprint density at radius 1 is 1.30 bits per heavy atom. The molecule has 1 aliphatic rings. The Morgan fingerprint density at radius 2 is 1.95 bits per heavy atom. The fraction of sp³-hybridized carbons (Fsp3) is 0.500. The number of nitrogens with zero attached hydrogens (tertiary/aromatic N) is 2. The van der Waals surface area contributed by atoms with Crippen LogP contribution in [0.3, 0.4) is 0 Å². The third kappa shape index (κ3) is 4.55. The summed E-state index contributed by atoms with van der Waals surface area (Å²) in [7, 11) is 0. The molecule has 3 N–H and O–H groups in total. The van der Waals surface area contributed by atoms with E-state index in [0.717, 1.165) is 37.2 Å². The smallest absolute Gasteiger partial charge is 0.318 e. The first-order chi connectivity index (χ1) is 9.54. The van der Waals surface area contributed by atoms with Crippen molar-refractivity contribution < 1.29 is 9.59 Å². The van der Waals surface area contributed by atoms with Crippen LogP contribution in [0.4, 0.5) is 4.79 Å². The van der Waals surface area contributed by atoms with Gasteiger partial charge in [0.1, 0.15) is 0 Å². The summed E-state index contributed by atoms with van der Waals surface area (Å²) in [4.78, 5) is 27.7. The number of carbonyl (C=O) groups excluding carboxylic acids is 2. The molecular formula is C12H17BrN4O2S. The summed E-state index contributed by atoms with van der Waals surface area (Å²) in [6.45, 7) is 4.60. The second-order valence-corrected chi connectivity index (χ2v) is 6.51. The van der Waals surface area contributed by atoms with Crippen molar-refractivity contribution in [1.29, 1.82) is 0 Å². The van der Waals surface area contributed by atoms with E-state index in [1.54, 1.807) is 11.3 Å².